The molecule has 3 aromatic carbocycles. The number of carbonyl (C=O) groups is 2. The maximum atomic E-state index is 12.2. The molecule has 4 rings (SSSR count). The highest BCUT2D eigenvalue weighted by Gasteiger charge is 2.14. The van der Waals surface area contributed by atoms with Crippen molar-refractivity contribution in [2.24, 2.45) is 0 Å². The summed E-state index contributed by atoms with van der Waals surface area (Å²) in [6.07, 6.45) is 1.36. The van der Waals surface area contributed by atoms with Crippen LogP contribution in [0.3, 0.4) is 0 Å². The molecule has 10 heteroatoms. The normalized spacial score (nSPS) is 12.6. The van der Waals surface area contributed by atoms with Gasteiger partial charge in [-0.3, -0.25) is 14.6 Å². The number of nitrogens with one attached hydrogen (secondary N) is 2. The fourth-order valence-electron chi connectivity index (χ4n) is 4.03. The molecule has 202 valence electrons. The van der Waals surface area contributed by atoms with Crippen molar-refractivity contribution in [2.45, 2.75) is 18.6 Å². The number of carboxylic acid groups (broad SMARTS) is 1. The van der Waals surface area contributed by atoms with E-state index in [2.05, 4.69) is 15.6 Å². The third kappa shape index (κ3) is 7.75. The largest absolute Gasteiger partial charge is 0.480 e. The Kier molecular flexibility index (Phi) is 9.45. The first-order valence-electron chi connectivity index (χ1n) is 12.3. The fraction of sp³-hybridized carbons (Fsp3) is 0.207. The second-order valence-corrected chi connectivity index (χ2v) is 9.36. The molecule has 9 nitrogen and oxygen atoms in total. The number of hydrogen-bond donors (Lipinski definition) is 5. The van der Waals surface area contributed by atoms with E-state index < -0.39 is 24.5 Å². The van der Waals surface area contributed by atoms with Gasteiger partial charge in [0.25, 0.3) is 5.91 Å². The zero-order valence-electron chi connectivity index (χ0n) is 20.9. The van der Waals surface area contributed by atoms with E-state index in [0.717, 1.165) is 5.56 Å². The average molecular weight is 550 g/mol. The Labute approximate surface area is 230 Å². The lowest BCUT2D eigenvalue weighted by Crippen LogP contribution is -2.37. The minimum absolute atomic E-state index is 0.0974. The molecule has 0 bridgehead atoms. The van der Waals surface area contributed by atoms with E-state index in [9.17, 15) is 19.8 Å². The summed E-state index contributed by atoms with van der Waals surface area (Å²) in [7, 11) is 0. The lowest BCUT2D eigenvalue weighted by Gasteiger charge is -2.19. The summed E-state index contributed by atoms with van der Waals surface area (Å²) in [5.41, 5.74) is 2.51. The summed E-state index contributed by atoms with van der Waals surface area (Å²) in [5.74, 6) is -0.480. The monoisotopic (exact) mass is 549 g/mol. The number of nitrogens with zero attached hydrogens (tertiary/aromatic N) is 1. The highest BCUT2D eigenvalue weighted by Crippen LogP contribution is 2.29. The maximum absolute atomic E-state index is 12.2. The van der Waals surface area contributed by atoms with Crippen LogP contribution < -0.4 is 15.4 Å². The van der Waals surface area contributed by atoms with E-state index in [4.69, 9.17) is 21.4 Å². The summed E-state index contributed by atoms with van der Waals surface area (Å²) in [6, 6.07) is 20.8. The number of ether oxygens (including phenoxy) is 1. The second kappa shape index (κ2) is 13.2. The molecular weight excluding hydrogens is 522 g/mol. The van der Waals surface area contributed by atoms with Crippen molar-refractivity contribution in [3.8, 4) is 11.5 Å². The van der Waals surface area contributed by atoms with Crippen LogP contribution in [0.4, 0.5) is 0 Å². The number of rotatable bonds is 12. The molecule has 0 unspecified atom stereocenters. The predicted octanol–water partition coefficient (Wildman–Crippen LogP) is 3.72. The first kappa shape index (κ1) is 28.0. The van der Waals surface area contributed by atoms with Crippen LogP contribution >= 0.6 is 11.6 Å². The number of halogens is 1. The molecule has 0 aliphatic heterocycles. The van der Waals surface area contributed by atoms with Crippen LogP contribution in [0.5, 0.6) is 11.5 Å². The molecule has 0 saturated carbocycles. The van der Waals surface area contributed by atoms with Gasteiger partial charge < -0.3 is 30.7 Å². The molecule has 0 aliphatic carbocycles. The SMILES string of the molecule is O=C(O)CNC(=O)c1ccc2c(Oc3ccc(C[C@@H](CO)NC[C@@H](O)c4cccc(Cl)c4)cc3)ccnc2c1. The smallest absolute Gasteiger partial charge is 0.322 e. The number of aliphatic carboxylic acids is 1. The highest BCUT2D eigenvalue weighted by atomic mass is 35.5. The van der Waals surface area contributed by atoms with Gasteiger partial charge in [0.05, 0.1) is 18.2 Å². The third-order valence-electron chi connectivity index (χ3n) is 6.05. The molecule has 0 aliphatic rings. The number of aromatic nitrogens is 1. The van der Waals surface area contributed by atoms with Gasteiger partial charge in [-0.1, -0.05) is 35.9 Å². The van der Waals surface area contributed by atoms with Crippen LogP contribution in [0.25, 0.3) is 10.9 Å². The molecule has 5 N–H and O–H groups in total. The molecule has 1 aromatic heterocycles. The van der Waals surface area contributed by atoms with Crippen molar-refractivity contribution in [3.63, 3.8) is 0 Å². The summed E-state index contributed by atoms with van der Waals surface area (Å²) in [6.45, 7) is -0.297. The van der Waals surface area contributed by atoms with E-state index in [0.29, 0.717) is 45.0 Å². The van der Waals surface area contributed by atoms with Crippen LogP contribution in [-0.2, 0) is 11.2 Å². The van der Waals surface area contributed by atoms with Gasteiger partial charge in [0.1, 0.15) is 18.0 Å². The van der Waals surface area contributed by atoms with Crippen LogP contribution in [-0.4, -0.2) is 57.9 Å². The lowest BCUT2D eigenvalue weighted by atomic mass is 10.0. The first-order chi connectivity index (χ1) is 18.8. The molecule has 39 heavy (non-hydrogen) atoms. The van der Waals surface area contributed by atoms with Crippen molar-refractivity contribution in [3.05, 3.63) is 101 Å². The summed E-state index contributed by atoms with van der Waals surface area (Å²) in [5, 5.41) is 35.8. The summed E-state index contributed by atoms with van der Waals surface area (Å²) in [4.78, 5) is 27.2. The fourth-order valence-corrected chi connectivity index (χ4v) is 4.23. The second-order valence-electron chi connectivity index (χ2n) is 8.93. The number of hydrogen-bond acceptors (Lipinski definition) is 7. The van der Waals surface area contributed by atoms with Crippen LogP contribution in [0.15, 0.2) is 79.0 Å². The van der Waals surface area contributed by atoms with Gasteiger partial charge in [-0.2, -0.15) is 0 Å². The predicted molar refractivity (Wildman–Crippen MR) is 147 cm³/mol. The Morgan fingerprint density at radius 1 is 1.03 bits per heavy atom. The van der Waals surface area contributed by atoms with Gasteiger partial charge in [-0.25, -0.2) is 0 Å². The highest BCUT2D eigenvalue weighted by molar-refractivity contribution is 6.30. The maximum Gasteiger partial charge on any atom is 0.322 e. The lowest BCUT2D eigenvalue weighted by molar-refractivity contribution is -0.135. The number of aliphatic hydroxyl groups excluding tert-OH is 2. The van der Waals surface area contributed by atoms with Gasteiger partial charge in [0.2, 0.25) is 0 Å². The summed E-state index contributed by atoms with van der Waals surface area (Å²) < 4.78 is 6.07. The van der Waals surface area contributed by atoms with E-state index in [1.165, 1.54) is 0 Å². The average Bonchev–Trinajstić information content (AvgIpc) is 2.94. The van der Waals surface area contributed by atoms with Crippen LogP contribution in [0, 0.1) is 0 Å². The number of aliphatic hydroxyl groups is 2. The molecule has 4 aromatic rings. The van der Waals surface area contributed by atoms with Crippen LogP contribution in [0.1, 0.15) is 27.6 Å². The first-order valence-corrected chi connectivity index (χ1v) is 12.6. The van der Waals surface area contributed by atoms with Crippen molar-refractivity contribution in [2.75, 3.05) is 19.7 Å². The molecule has 1 heterocycles. The van der Waals surface area contributed by atoms with Gasteiger partial charge >= 0.3 is 5.97 Å². The molecule has 0 radical (unpaired) electrons. The molecule has 0 spiro atoms. The van der Waals surface area contributed by atoms with Crippen LogP contribution in [0.2, 0.25) is 5.02 Å². The van der Waals surface area contributed by atoms with Gasteiger partial charge in [0, 0.05) is 34.8 Å². The number of pyridine rings is 1. The van der Waals surface area contributed by atoms with Gasteiger partial charge in [0.15, 0.2) is 0 Å². The molecular formula is C29H28ClN3O6. The Morgan fingerprint density at radius 3 is 2.54 bits per heavy atom. The zero-order valence-corrected chi connectivity index (χ0v) is 21.6. The zero-order chi connectivity index (χ0) is 27.8. The number of amides is 1. The van der Waals surface area contributed by atoms with E-state index in [1.807, 2.05) is 24.3 Å². The summed E-state index contributed by atoms with van der Waals surface area (Å²) >= 11 is 6.00. The minimum atomic E-state index is -1.13. The molecule has 0 saturated heterocycles. The molecule has 2 atom stereocenters. The van der Waals surface area contributed by atoms with Gasteiger partial charge in [-0.15, -0.1) is 0 Å². The molecule has 1 amide bonds. The van der Waals surface area contributed by atoms with E-state index in [-0.39, 0.29) is 19.2 Å². The topological polar surface area (TPSA) is 141 Å². The number of carboxylic acids is 1. The Bertz CT molecular complexity index is 1450. The van der Waals surface area contributed by atoms with E-state index >= 15 is 0 Å². The van der Waals surface area contributed by atoms with Crippen molar-refractivity contribution >= 4 is 34.4 Å². The Morgan fingerprint density at radius 2 is 1.82 bits per heavy atom. The van der Waals surface area contributed by atoms with Crippen molar-refractivity contribution < 1.29 is 29.6 Å². The number of fused-ring (bicyclic) bond motifs is 1. The third-order valence-corrected chi connectivity index (χ3v) is 6.29. The van der Waals surface area contributed by atoms with Crippen molar-refractivity contribution in [1.82, 2.24) is 15.6 Å². The Balaban J connectivity index is 1.37. The standard InChI is InChI=1S/C29H28ClN3O6/c30-21-3-1-2-19(13-21)26(35)15-32-22(17-34)12-18-4-7-23(8-5-18)39-27-10-11-31-25-14-20(6-9-24(25)27)29(38)33-16-28(36)37/h1-11,13-14,22,26,32,34-35H,12,15-17H2,(H,33,38)(H,36,37)/t22-,26+/m0/s1. The molecule has 0 fully saturated rings. The minimum Gasteiger partial charge on any atom is -0.480 e. The quantitative estimate of drug-likeness (QED) is 0.180. The number of benzene rings is 3. The van der Waals surface area contributed by atoms with E-state index in [1.54, 1.807) is 54.7 Å². The van der Waals surface area contributed by atoms with Crippen molar-refractivity contribution in [1.29, 1.82) is 0 Å². The van der Waals surface area contributed by atoms with Gasteiger partial charge in [-0.05, 0) is 66.1 Å². The Hall–Kier alpha value is -4.02. The number of carbonyl (C=O) groups excluding carboxylic acids is 1.